The normalized spacial score (nSPS) is 13.3. The first kappa shape index (κ1) is 24.4. The molecule has 1 heterocycles. The first-order valence-corrected chi connectivity index (χ1v) is 11.7. The fourth-order valence-electron chi connectivity index (χ4n) is 4.08. The van der Waals surface area contributed by atoms with Gasteiger partial charge in [-0.25, -0.2) is 4.79 Å². The highest BCUT2D eigenvalue weighted by Crippen LogP contribution is 2.29. The Hall–Kier alpha value is -3.75. The Balaban J connectivity index is 1.57. The van der Waals surface area contributed by atoms with Crippen molar-refractivity contribution < 1.29 is 19.1 Å². The predicted octanol–water partition coefficient (Wildman–Crippen LogP) is 3.95. The van der Waals surface area contributed by atoms with E-state index in [1.165, 1.54) is 7.11 Å². The summed E-state index contributed by atoms with van der Waals surface area (Å²) in [4.78, 5) is 27.7. The van der Waals surface area contributed by atoms with E-state index in [-0.39, 0.29) is 11.0 Å². The highest BCUT2D eigenvalue weighted by atomic mass is 32.1. The minimum atomic E-state index is -0.530. The predicted molar refractivity (Wildman–Crippen MR) is 140 cm³/mol. The van der Waals surface area contributed by atoms with Crippen LogP contribution >= 0.6 is 12.2 Å². The molecular weight excluding hydrogens is 462 g/mol. The first-order valence-electron chi connectivity index (χ1n) is 11.3. The summed E-state index contributed by atoms with van der Waals surface area (Å²) >= 11 is 5.53. The second-order valence-electron chi connectivity index (χ2n) is 8.02. The third-order valence-electron chi connectivity index (χ3n) is 5.78. The number of carbonyl (C=O) groups is 2. The van der Waals surface area contributed by atoms with Crippen LogP contribution in [-0.4, -0.2) is 50.4 Å². The van der Waals surface area contributed by atoms with Crippen LogP contribution in [0.4, 0.5) is 11.4 Å². The number of esters is 1. The zero-order chi connectivity index (χ0) is 24.6. The van der Waals surface area contributed by atoms with Crippen molar-refractivity contribution in [1.29, 1.82) is 0 Å². The second kappa shape index (κ2) is 11.6. The van der Waals surface area contributed by atoms with Crippen molar-refractivity contribution in [3.63, 3.8) is 0 Å². The molecule has 1 saturated heterocycles. The molecule has 35 heavy (non-hydrogen) atoms. The van der Waals surface area contributed by atoms with Gasteiger partial charge >= 0.3 is 5.97 Å². The van der Waals surface area contributed by atoms with E-state index >= 15 is 0 Å². The Bertz CT molecular complexity index is 1140. The quantitative estimate of drug-likeness (QED) is 0.401. The van der Waals surface area contributed by atoms with Crippen LogP contribution in [0.25, 0.3) is 0 Å². The van der Waals surface area contributed by atoms with Gasteiger partial charge in [0, 0.05) is 13.1 Å². The molecule has 1 aliphatic rings. The van der Waals surface area contributed by atoms with Crippen molar-refractivity contribution >= 4 is 40.6 Å². The molecule has 0 spiro atoms. The van der Waals surface area contributed by atoms with Gasteiger partial charge in [-0.3, -0.25) is 4.79 Å². The average molecular weight is 490 g/mol. The fourth-order valence-corrected chi connectivity index (χ4v) is 4.30. The van der Waals surface area contributed by atoms with Crippen molar-refractivity contribution in [3.8, 4) is 0 Å². The number of methoxy groups -OCH3 is 1. The first-order chi connectivity index (χ1) is 17.1. The molecule has 2 N–H and O–H groups in total. The zero-order valence-corrected chi connectivity index (χ0v) is 20.2. The Labute approximate surface area is 210 Å². The second-order valence-corrected chi connectivity index (χ2v) is 8.43. The molecule has 0 bridgehead atoms. The van der Waals surface area contributed by atoms with Crippen LogP contribution < -0.4 is 15.5 Å². The van der Waals surface area contributed by atoms with Gasteiger partial charge in [-0.1, -0.05) is 60.7 Å². The van der Waals surface area contributed by atoms with Gasteiger partial charge in [0.1, 0.15) is 0 Å². The van der Waals surface area contributed by atoms with Crippen molar-refractivity contribution in [2.75, 3.05) is 43.6 Å². The molecular formula is C27H27N3O4S. The molecule has 0 atom stereocenters. The molecule has 3 aromatic rings. The Morgan fingerprint density at radius 2 is 1.54 bits per heavy atom. The van der Waals surface area contributed by atoms with Crippen molar-refractivity contribution in [1.82, 2.24) is 5.32 Å². The van der Waals surface area contributed by atoms with E-state index in [4.69, 9.17) is 21.7 Å². The number of hydrogen-bond acceptors (Lipinski definition) is 6. The summed E-state index contributed by atoms with van der Waals surface area (Å²) in [5.74, 6) is -1.24. The molecule has 0 unspecified atom stereocenters. The molecule has 0 aromatic heterocycles. The number of rotatable bonds is 6. The summed E-state index contributed by atoms with van der Waals surface area (Å²) in [5, 5.41) is 6.11. The van der Waals surface area contributed by atoms with Gasteiger partial charge < -0.3 is 25.0 Å². The highest BCUT2D eigenvalue weighted by molar-refractivity contribution is 7.80. The zero-order valence-electron chi connectivity index (χ0n) is 19.4. The Morgan fingerprint density at radius 3 is 2.11 bits per heavy atom. The molecule has 0 radical (unpaired) electrons. The lowest BCUT2D eigenvalue weighted by Gasteiger charge is -2.31. The molecule has 7 nitrogen and oxygen atoms in total. The molecule has 4 rings (SSSR count). The molecule has 1 fully saturated rings. The fraction of sp³-hybridized carbons (Fsp3) is 0.222. The Kier molecular flexibility index (Phi) is 8.07. The number of nitrogens with zero attached hydrogens (tertiary/aromatic N) is 1. The number of benzene rings is 3. The summed E-state index contributed by atoms with van der Waals surface area (Å²) in [6.45, 7) is 2.62. The molecule has 1 aliphatic heterocycles. The summed E-state index contributed by atoms with van der Waals surface area (Å²) in [5.41, 5.74) is 3.57. The standard InChI is InChI=1S/C27H27N3O4S/c1-33-26(32)21-12-13-23(30-14-16-34-17-15-30)22(18-21)28-27(35)29-25(31)24(19-8-4-2-5-9-19)20-10-6-3-7-11-20/h2-13,18,24H,14-17H2,1H3,(H2,28,29,31,35). The summed E-state index contributed by atoms with van der Waals surface area (Å²) in [7, 11) is 1.34. The number of carbonyl (C=O) groups excluding carboxylic acids is 2. The van der Waals surface area contributed by atoms with Gasteiger partial charge in [-0.15, -0.1) is 0 Å². The highest BCUT2D eigenvalue weighted by Gasteiger charge is 2.24. The maximum Gasteiger partial charge on any atom is 0.337 e. The number of morpholine rings is 1. The lowest BCUT2D eigenvalue weighted by molar-refractivity contribution is -0.120. The van der Waals surface area contributed by atoms with Crippen LogP contribution in [0.15, 0.2) is 78.9 Å². The number of nitrogens with one attached hydrogen (secondary N) is 2. The van der Waals surface area contributed by atoms with Gasteiger partial charge in [0.05, 0.1) is 43.2 Å². The summed E-state index contributed by atoms with van der Waals surface area (Å²) in [6.07, 6.45) is 0. The van der Waals surface area contributed by atoms with E-state index in [9.17, 15) is 9.59 Å². The minimum absolute atomic E-state index is 0.142. The number of hydrogen-bond donors (Lipinski definition) is 2. The maximum absolute atomic E-state index is 13.4. The summed E-state index contributed by atoms with van der Waals surface area (Å²) < 4.78 is 10.3. The third-order valence-corrected chi connectivity index (χ3v) is 5.99. The van der Waals surface area contributed by atoms with Crippen molar-refractivity contribution in [2.24, 2.45) is 0 Å². The van der Waals surface area contributed by atoms with E-state index in [0.717, 1.165) is 16.8 Å². The average Bonchev–Trinajstić information content (AvgIpc) is 2.90. The smallest absolute Gasteiger partial charge is 0.337 e. The van der Waals surface area contributed by atoms with Crippen molar-refractivity contribution in [2.45, 2.75) is 5.92 Å². The monoisotopic (exact) mass is 489 g/mol. The number of thiocarbonyl (C=S) groups is 1. The summed E-state index contributed by atoms with van der Waals surface area (Å²) in [6, 6.07) is 24.4. The minimum Gasteiger partial charge on any atom is -0.465 e. The topological polar surface area (TPSA) is 79.9 Å². The van der Waals surface area contributed by atoms with Crippen LogP contribution in [0, 0.1) is 0 Å². The number of amides is 1. The van der Waals surface area contributed by atoms with Crippen LogP contribution in [0.2, 0.25) is 0 Å². The molecule has 1 amide bonds. The number of ether oxygens (including phenoxy) is 2. The van der Waals surface area contributed by atoms with E-state index in [0.29, 0.717) is 37.6 Å². The van der Waals surface area contributed by atoms with E-state index in [1.807, 2.05) is 66.7 Å². The van der Waals surface area contributed by atoms with Crippen LogP contribution in [-0.2, 0) is 14.3 Å². The van der Waals surface area contributed by atoms with Gasteiger partial charge in [0.25, 0.3) is 0 Å². The Morgan fingerprint density at radius 1 is 0.943 bits per heavy atom. The lowest BCUT2D eigenvalue weighted by atomic mass is 9.90. The van der Waals surface area contributed by atoms with Crippen LogP contribution in [0.3, 0.4) is 0 Å². The SMILES string of the molecule is COC(=O)c1ccc(N2CCOCC2)c(NC(=S)NC(=O)C(c2ccccc2)c2ccccc2)c1. The third kappa shape index (κ3) is 6.03. The molecule has 0 aliphatic carbocycles. The maximum atomic E-state index is 13.4. The number of anilines is 2. The molecule has 8 heteroatoms. The molecule has 0 saturated carbocycles. The van der Waals surface area contributed by atoms with Gasteiger partial charge in [0.2, 0.25) is 5.91 Å². The van der Waals surface area contributed by atoms with Crippen LogP contribution in [0.1, 0.15) is 27.4 Å². The van der Waals surface area contributed by atoms with Crippen molar-refractivity contribution in [3.05, 3.63) is 95.6 Å². The molecule has 180 valence electrons. The molecule has 3 aromatic carbocycles. The van der Waals surface area contributed by atoms with E-state index in [2.05, 4.69) is 15.5 Å². The van der Waals surface area contributed by atoms with E-state index in [1.54, 1.807) is 12.1 Å². The van der Waals surface area contributed by atoms with Gasteiger partial charge in [-0.2, -0.15) is 0 Å². The van der Waals surface area contributed by atoms with Gasteiger partial charge in [-0.05, 0) is 41.5 Å². The van der Waals surface area contributed by atoms with E-state index < -0.39 is 11.9 Å². The van der Waals surface area contributed by atoms with Crippen LogP contribution in [0.5, 0.6) is 0 Å². The largest absolute Gasteiger partial charge is 0.465 e. The lowest BCUT2D eigenvalue weighted by Crippen LogP contribution is -2.39. The van der Waals surface area contributed by atoms with Gasteiger partial charge in [0.15, 0.2) is 5.11 Å².